The van der Waals surface area contributed by atoms with Crippen molar-refractivity contribution in [3.8, 4) is 0 Å². The Hall–Kier alpha value is -1.06. The van der Waals surface area contributed by atoms with Gasteiger partial charge in [0.05, 0.1) is 0 Å². The van der Waals surface area contributed by atoms with Crippen LogP contribution in [0.25, 0.3) is 0 Å². The predicted octanol–water partition coefficient (Wildman–Crippen LogP) is 1.51. The van der Waals surface area contributed by atoms with Gasteiger partial charge >= 0.3 is 0 Å². The third-order valence-electron chi connectivity index (χ3n) is 4.16. The highest BCUT2D eigenvalue weighted by molar-refractivity contribution is 5.62. The number of benzene rings is 1. The number of para-hydroxylation sites is 1. The molecule has 0 atom stereocenters. The number of ether oxygens (including phenoxy) is 1. The maximum absolute atomic E-state index is 5.72. The summed E-state index contributed by atoms with van der Waals surface area (Å²) in [5, 5.41) is 0. The lowest BCUT2D eigenvalue weighted by Gasteiger charge is -2.34. The number of hydrogen-bond donors (Lipinski definition) is 1. The molecule has 2 N–H and O–H groups in total. The number of rotatable bonds is 2. The number of nitrogens with zero attached hydrogens (tertiary/aromatic N) is 1. The molecule has 1 aromatic carbocycles. The molecule has 3 heteroatoms. The van der Waals surface area contributed by atoms with Gasteiger partial charge in [-0.3, -0.25) is 0 Å². The lowest BCUT2D eigenvalue weighted by atomic mass is 9.76. The van der Waals surface area contributed by atoms with Crippen LogP contribution in [0.2, 0.25) is 0 Å². The van der Waals surface area contributed by atoms with Gasteiger partial charge in [0.25, 0.3) is 0 Å². The summed E-state index contributed by atoms with van der Waals surface area (Å²) in [6.07, 6.45) is 2.29. The quantitative estimate of drug-likeness (QED) is 0.840. The first kappa shape index (κ1) is 11.1. The molecule has 1 saturated heterocycles. The molecule has 3 nitrogen and oxygen atoms in total. The van der Waals surface area contributed by atoms with E-state index in [1.54, 1.807) is 0 Å². The van der Waals surface area contributed by atoms with Crippen molar-refractivity contribution in [1.82, 2.24) is 0 Å². The minimum absolute atomic E-state index is 0.323. The van der Waals surface area contributed by atoms with E-state index in [0.29, 0.717) is 5.41 Å². The van der Waals surface area contributed by atoms with Gasteiger partial charge in [0.2, 0.25) is 0 Å². The van der Waals surface area contributed by atoms with Gasteiger partial charge in [-0.2, -0.15) is 0 Å². The monoisotopic (exact) mass is 232 g/mol. The minimum atomic E-state index is 0.323. The zero-order valence-electron chi connectivity index (χ0n) is 10.2. The van der Waals surface area contributed by atoms with Gasteiger partial charge in [0.1, 0.15) is 0 Å². The van der Waals surface area contributed by atoms with Gasteiger partial charge < -0.3 is 15.4 Å². The summed E-state index contributed by atoms with van der Waals surface area (Å²) in [7, 11) is 0. The van der Waals surface area contributed by atoms with Gasteiger partial charge in [-0.05, 0) is 24.5 Å². The van der Waals surface area contributed by atoms with Crippen molar-refractivity contribution in [3.63, 3.8) is 0 Å². The fourth-order valence-electron chi connectivity index (χ4n) is 3.28. The predicted molar refractivity (Wildman–Crippen MR) is 69.4 cm³/mol. The summed E-state index contributed by atoms with van der Waals surface area (Å²) in [6.45, 7) is 4.59. The van der Waals surface area contributed by atoms with Crippen LogP contribution in [0.15, 0.2) is 24.3 Å². The van der Waals surface area contributed by atoms with Gasteiger partial charge in [-0.1, -0.05) is 18.2 Å². The smallest absolute Gasteiger partial charge is 0.0475 e. The zero-order chi connectivity index (χ0) is 11.7. The summed E-state index contributed by atoms with van der Waals surface area (Å²) in [6, 6.07) is 8.80. The van der Waals surface area contributed by atoms with E-state index in [0.717, 1.165) is 45.7 Å². The van der Waals surface area contributed by atoms with Crippen molar-refractivity contribution < 1.29 is 4.74 Å². The topological polar surface area (TPSA) is 38.5 Å². The average Bonchev–Trinajstić information content (AvgIpc) is 2.66. The molecule has 0 amide bonds. The molecule has 1 aromatic rings. The second-order valence-electron chi connectivity index (χ2n) is 5.12. The van der Waals surface area contributed by atoms with Crippen molar-refractivity contribution in [2.45, 2.75) is 18.3 Å². The summed E-state index contributed by atoms with van der Waals surface area (Å²) in [5.41, 5.74) is 8.94. The first-order valence-electron chi connectivity index (χ1n) is 6.48. The van der Waals surface area contributed by atoms with Crippen LogP contribution in [0.1, 0.15) is 18.4 Å². The summed E-state index contributed by atoms with van der Waals surface area (Å²) >= 11 is 0. The van der Waals surface area contributed by atoms with E-state index < -0.39 is 0 Å². The molecule has 0 saturated carbocycles. The summed E-state index contributed by atoms with van der Waals surface area (Å²) in [4.78, 5) is 2.45. The van der Waals surface area contributed by atoms with E-state index in [2.05, 4.69) is 29.2 Å². The third-order valence-corrected chi connectivity index (χ3v) is 4.16. The molecule has 92 valence electrons. The normalized spacial score (nSPS) is 21.8. The molecule has 3 rings (SSSR count). The second-order valence-corrected chi connectivity index (χ2v) is 5.12. The molecule has 2 heterocycles. The van der Waals surface area contributed by atoms with Gasteiger partial charge in [-0.15, -0.1) is 0 Å². The fraction of sp³-hybridized carbons (Fsp3) is 0.571. The number of nitrogens with two attached hydrogens (primary N) is 1. The average molecular weight is 232 g/mol. The lowest BCUT2D eigenvalue weighted by molar-refractivity contribution is 0.0554. The molecule has 0 bridgehead atoms. The van der Waals surface area contributed by atoms with Crippen LogP contribution in [0.5, 0.6) is 0 Å². The Kier molecular flexibility index (Phi) is 2.81. The Morgan fingerprint density at radius 2 is 2.00 bits per heavy atom. The Labute approximate surface area is 103 Å². The summed E-state index contributed by atoms with van der Waals surface area (Å²) < 4.78 is 5.52. The Morgan fingerprint density at radius 3 is 2.76 bits per heavy atom. The highest BCUT2D eigenvalue weighted by atomic mass is 16.5. The van der Waals surface area contributed by atoms with E-state index in [4.69, 9.17) is 10.5 Å². The molecule has 1 fully saturated rings. The maximum Gasteiger partial charge on any atom is 0.0475 e. The molecule has 0 unspecified atom stereocenters. The Morgan fingerprint density at radius 1 is 1.24 bits per heavy atom. The van der Waals surface area contributed by atoms with Gasteiger partial charge in [-0.25, -0.2) is 0 Å². The van der Waals surface area contributed by atoms with Gasteiger partial charge in [0, 0.05) is 44.0 Å². The van der Waals surface area contributed by atoms with E-state index in [1.807, 2.05) is 0 Å². The summed E-state index contributed by atoms with van der Waals surface area (Å²) in [5.74, 6) is 0. The van der Waals surface area contributed by atoms with Crippen molar-refractivity contribution >= 4 is 5.69 Å². The van der Waals surface area contributed by atoms with Crippen molar-refractivity contribution in [1.29, 1.82) is 0 Å². The van der Waals surface area contributed by atoms with E-state index in [9.17, 15) is 0 Å². The first-order valence-corrected chi connectivity index (χ1v) is 6.48. The molecule has 1 spiro atoms. The van der Waals surface area contributed by atoms with Crippen LogP contribution in [-0.4, -0.2) is 32.8 Å². The maximum atomic E-state index is 5.72. The highest BCUT2D eigenvalue weighted by Crippen LogP contribution is 2.46. The van der Waals surface area contributed by atoms with Crippen LogP contribution in [0, 0.1) is 0 Å². The highest BCUT2D eigenvalue weighted by Gasteiger charge is 2.42. The SMILES string of the molecule is NCCN1CC2(CCOCC2)c2ccccc21. The van der Waals surface area contributed by atoms with E-state index in [-0.39, 0.29) is 0 Å². The number of anilines is 1. The Bertz CT molecular complexity index is 399. The molecular weight excluding hydrogens is 212 g/mol. The number of hydrogen-bond acceptors (Lipinski definition) is 3. The van der Waals surface area contributed by atoms with Crippen LogP contribution in [-0.2, 0) is 10.2 Å². The lowest BCUT2D eigenvalue weighted by Crippen LogP contribution is -2.39. The minimum Gasteiger partial charge on any atom is -0.381 e. The Balaban J connectivity index is 1.98. The first-order chi connectivity index (χ1) is 8.36. The third kappa shape index (κ3) is 1.74. The molecule has 0 aliphatic carbocycles. The molecule has 0 aromatic heterocycles. The largest absolute Gasteiger partial charge is 0.381 e. The van der Waals surface area contributed by atoms with Crippen LogP contribution in [0.3, 0.4) is 0 Å². The van der Waals surface area contributed by atoms with Crippen LogP contribution >= 0.6 is 0 Å². The van der Waals surface area contributed by atoms with Crippen LogP contribution < -0.4 is 10.6 Å². The zero-order valence-corrected chi connectivity index (χ0v) is 10.2. The van der Waals surface area contributed by atoms with Gasteiger partial charge in [0.15, 0.2) is 0 Å². The molecule has 2 aliphatic rings. The van der Waals surface area contributed by atoms with E-state index in [1.165, 1.54) is 11.3 Å². The molecular formula is C14H20N2O. The van der Waals surface area contributed by atoms with Crippen LogP contribution in [0.4, 0.5) is 5.69 Å². The molecule has 2 aliphatic heterocycles. The van der Waals surface area contributed by atoms with E-state index >= 15 is 0 Å². The van der Waals surface area contributed by atoms with Crippen molar-refractivity contribution in [3.05, 3.63) is 29.8 Å². The van der Waals surface area contributed by atoms with Crippen molar-refractivity contribution in [2.24, 2.45) is 5.73 Å². The number of fused-ring (bicyclic) bond motifs is 2. The second kappa shape index (κ2) is 4.31. The fourth-order valence-corrected chi connectivity index (χ4v) is 3.28. The molecule has 0 radical (unpaired) electrons. The van der Waals surface area contributed by atoms with Crippen molar-refractivity contribution in [2.75, 3.05) is 37.7 Å². The standard InChI is InChI=1S/C14H20N2O/c15-7-8-16-11-14(5-9-17-10-6-14)12-3-1-2-4-13(12)16/h1-4H,5-11,15H2. The molecule has 17 heavy (non-hydrogen) atoms.